The maximum Gasteiger partial charge on any atom is 0.234 e. The maximum atomic E-state index is 11.5. The summed E-state index contributed by atoms with van der Waals surface area (Å²) in [5.74, 6) is 1.20. The molecule has 4 heteroatoms. The van der Waals surface area contributed by atoms with Gasteiger partial charge in [0.1, 0.15) is 5.78 Å². The molecule has 20 heavy (non-hydrogen) atoms. The Bertz CT molecular complexity index is 582. The standard InChI is InChI=1S/C16H20N2O2/c1-4-5-14(19)10-16-17-15(18-20-16)9-13-7-11(2)6-12(3)8-13/h6-8H,4-5,9-10H2,1-3H3. The van der Waals surface area contributed by atoms with Crippen LogP contribution in [-0.2, 0) is 17.6 Å². The maximum absolute atomic E-state index is 11.5. The lowest BCUT2D eigenvalue weighted by Gasteiger charge is -2.01. The molecule has 0 unspecified atom stereocenters. The molecule has 0 spiro atoms. The Morgan fingerprint density at radius 1 is 1.20 bits per heavy atom. The van der Waals surface area contributed by atoms with Crippen molar-refractivity contribution in [3.63, 3.8) is 0 Å². The van der Waals surface area contributed by atoms with E-state index in [0.717, 1.165) is 12.0 Å². The van der Waals surface area contributed by atoms with Crippen molar-refractivity contribution in [2.75, 3.05) is 0 Å². The van der Waals surface area contributed by atoms with Gasteiger partial charge in [-0.1, -0.05) is 41.4 Å². The zero-order valence-corrected chi connectivity index (χ0v) is 12.3. The number of nitrogens with zero attached hydrogens (tertiary/aromatic N) is 2. The molecule has 1 heterocycles. The smallest absolute Gasteiger partial charge is 0.234 e. The van der Waals surface area contributed by atoms with Gasteiger partial charge in [0.25, 0.3) is 0 Å². The quantitative estimate of drug-likeness (QED) is 0.810. The van der Waals surface area contributed by atoms with E-state index in [0.29, 0.717) is 24.6 Å². The monoisotopic (exact) mass is 272 g/mol. The summed E-state index contributed by atoms with van der Waals surface area (Å²) in [6.45, 7) is 6.13. The highest BCUT2D eigenvalue weighted by Gasteiger charge is 2.11. The Balaban J connectivity index is 2.03. The van der Waals surface area contributed by atoms with Gasteiger partial charge in [-0.25, -0.2) is 0 Å². The third-order valence-corrected chi connectivity index (χ3v) is 3.03. The van der Waals surface area contributed by atoms with Crippen molar-refractivity contribution in [2.24, 2.45) is 0 Å². The van der Waals surface area contributed by atoms with E-state index in [1.165, 1.54) is 11.1 Å². The normalized spacial score (nSPS) is 10.8. The fraction of sp³-hybridized carbons (Fsp3) is 0.438. The van der Waals surface area contributed by atoms with Crippen LogP contribution in [0.1, 0.15) is 48.2 Å². The molecule has 0 saturated carbocycles. The van der Waals surface area contributed by atoms with Gasteiger partial charge in [-0.15, -0.1) is 0 Å². The largest absolute Gasteiger partial charge is 0.339 e. The molecule has 0 aliphatic carbocycles. The summed E-state index contributed by atoms with van der Waals surface area (Å²) in [6, 6.07) is 6.37. The van der Waals surface area contributed by atoms with E-state index in [1.807, 2.05) is 6.92 Å². The Labute approximate surface area is 119 Å². The molecule has 0 N–H and O–H groups in total. The number of Topliss-reactive ketones (excluding diaryl/α,β-unsaturated/α-hetero) is 1. The van der Waals surface area contributed by atoms with E-state index >= 15 is 0 Å². The lowest BCUT2D eigenvalue weighted by Crippen LogP contribution is -2.02. The highest BCUT2D eigenvalue weighted by Crippen LogP contribution is 2.12. The number of hydrogen-bond acceptors (Lipinski definition) is 4. The van der Waals surface area contributed by atoms with Crippen LogP contribution in [0.4, 0.5) is 0 Å². The zero-order chi connectivity index (χ0) is 14.5. The second-order valence-corrected chi connectivity index (χ2v) is 5.24. The molecular formula is C16H20N2O2. The van der Waals surface area contributed by atoms with Gasteiger partial charge >= 0.3 is 0 Å². The lowest BCUT2D eigenvalue weighted by molar-refractivity contribution is -0.118. The molecule has 1 aromatic carbocycles. The Morgan fingerprint density at radius 2 is 1.90 bits per heavy atom. The van der Waals surface area contributed by atoms with Crippen LogP contribution in [0, 0.1) is 13.8 Å². The molecule has 2 aromatic rings. The van der Waals surface area contributed by atoms with Gasteiger partial charge in [0, 0.05) is 12.8 Å². The van der Waals surface area contributed by atoms with E-state index in [4.69, 9.17) is 4.52 Å². The van der Waals surface area contributed by atoms with Crippen molar-refractivity contribution < 1.29 is 9.32 Å². The Morgan fingerprint density at radius 3 is 2.55 bits per heavy atom. The van der Waals surface area contributed by atoms with Crippen LogP contribution in [0.15, 0.2) is 22.7 Å². The second-order valence-electron chi connectivity index (χ2n) is 5.24. The molecule has 0 radical (unpaired) electrons. The minimum atomic E-state index is 0.147. The average Bonchev–Trinajstić information content (AvgIpc) is 2.75. The third kappa shape index (κ3) is 4.02. The summed E-state index contributed by atoms with van der Waals surface area (Å²) in [6.07, 6.45) is 2.29. The van der Waals surface area contributed by atoms with E-state index in [9.17, 15) is 4.79 Å². The summed E-state index contributed by atoms with van der Waals surface area (Å²) in [4.78, 5) is 15.8. The van der Waals surface area contributed by atoms with Gasteiger partial charge in [-0.2, -0.15) is 4.98 Å². The van der Waals surface area contributed by atoms with Crippen LogP contribution < -0.4 is 0 Å². The first-order chi connectivity index (χ1) is 9.56. The topological polar surface area (TPSA) is 56.0 Å². The summed E-state index contributed by atoms with van der Waals surface area (Å²) in [7, 11) is 0. The van der Waals surface area contributed by atoms with Crippen molar-refractivity contribution in [3.8, 4) is 0 Å². The van der Waals surface area contributed by atoms with E-state index in [2.05, 4.69) is 42.2 Å². The number of carbonyl (C=O) groups excluding carboxylic acids is 1. The average molecular weight is 272 g/mol. The number of hydrogen-bond donors (Lipinski definition) is 0. The highest BCUT2D eigenvalue weighted by atomic mass is 16.5. The van der Waals surface area contributed by atoms with E-state index in [1.54, 1.807) is 0 Å². The van der Waals surface area contributed by atoms with Crippen molar-refractivity contribution in [3.05, 3.63) is 46.6 Å². The van der Waals surface area contributed by atoms with Gasteiger partial charge in [-0.05, 0) is 25.8 Å². The van der Waals surface area contributed by atoms with Crippen LogP contribution >= 0.6 is 0 Å². The molecule has 2 rings (SSSR count). The second kappa shape index (κ2) is 6.46. The summed E-state index contributed by atoms with van der Waals surface area (Å²) in [5.41, 5.74) is 3.61. The van der Waals surface area contributed by atoms with Gasteiger partial charge < -0.3 is 4.52 Å². The van der Waals surface area contributed by atoms with Crippen LogP contribution in [0.25, 0.3) is 0 Å². The molecule has 4 nitrogen and oxygen atoms in total. The number of ketones is 1. The molecule has 0 bridgehead atoms. The number of benzene rings is 1. The molecule has 0 aliphatic rings. The summed E-state index contributed by atoms with van der Waals surface area (Å²) in [5, 5.41) is 3.95. The molecule has 0 atom stereocenters. The van der Waals surface area contributed by atoms with Crippen molar-refractivity contribution in [1.29, 1.82) is 0 Å². The third-order valence-electron chi connectivity index (χ3n) is 3.03. The number of rotatable bonds is 6. The predicted octanol–water partition coefficient (Wildman–Crippen LogP) is 3.19. The molecule has 0 aliphatic heterocycles. The van der Waals surface area contributed by atoms with Crippen molar-refractivity contribution >= 4 is 5.78 Å². The van der Waals surface area contributed by atoms with E-state index < -0.39 is 0 Å². The molecule has 1 aromatic heterocycles. The fourth-order valence-electron chi connectivity index (χ4n) is 2.32. The summed E-state index contributed by atoms with van der Waals surface area (Å²) >= 11 is 0. The van der Waals surface area contributed by atoms with Crippen molar-refractivity contribution in [2.45, 2.75) is 46.5 Å². The minimum absolute atomic E-state index is 0.147. The van der Waals surface area contributed by atoms with Crippen LogP contribution in [-0.4, -0.2) is 15.9 Å². The fourth-order valence-corrected chi connectivity index (χ4v) is 2.32. The molecule has 0 amide bonds. The van der Waals surface area contributed by atoms with E-state index in [-0.39, 0.29) is 12.2 Å². The first-order valence-electron chi connectivity index (χ1n) is 6.97. The first-order valence-corrected chi connectivity index (χ1v) is 6.97. The highest BCUT2D eigenvalue weighted by molar-refractivity contribution is 5.79. The summed E-state index contributed by atoms with van der Waals surface area (Å²) < 4.78 is 5.13. The number of aromatic nitrogens is 2. The number of aryl methyl sites for hydroxylation is 2. The molecule has 106 valence electrons. The molecule has 0 saturated heterocycles. The SMILES string of the molecule is CCCC(=O)Cc1nc(Cc2cc(C)cc(C)c2)no1. The van der Waals surface area contributed by atoms with Gasteiger partial charge in [-0.3, -0.25) is 4.79 Å². The lowest BCUT2D eigenvalue weighted by atomic mass is 10.1. The van der Waals surface area contributed by atoms with Gasteiger partial charge in [0.2, 0.25) is 5.89 Å². The van der Waals surface area contributed by atoms with Gasteiger partial charge in [0.05, 0.1) is 6.42 Å². The Kier molecular flexibility index (Phi) is 4.66. The van der Waals surface area contributed by atoms with Crippen molar-refractivity contribution in [1.82, 2.24) is 10.1 Å². The van der Waals surface area contributed by atoms with Crippen LogP contribution in [0.5, 0.6) is 0 Å². The predicted molar refractivity (Wildman–Crippen MR) is 76.6 cm³/mol. The minimum Gasteiger partial charge on any atom is -0.339 e. The van der Waals surface area contributed by atoms with Crippen LogP contribution in [0.3, 0.4) is 0 Å². The molecule has 0 fully saturated rings. The Hall–Kier alpha value is -1.97. The van der Waals surface area contributed by atoms with Gasteiger partial charge in [0.15, 0.2) is 5.82 Å². The first kappa shape index (κ1) is 14.4. The number of carbonyl (C=O) groups is 1. The zero-order valence-electron chi connectivity index (χ0n) is 12.3. The molecular weight excluding hydrogens is 252 g/mol. The van der Waals surface area contributed by atoms with Crippen LogP contribution in [0.2, 0.25) is 0 Å².